The number of thiophene rings is 1. The van der Waals surface area contributed by atoms with E-state index in [0.29, 0.717) is 52.7 Å². The van der Waals surface area contributed by atoms with Crippen LogP contribution < -0.4 is 15.5 Å². The van der Waals surface area contributed by atoms with Crippen LogP contribution in [0, 0.1) is 5.41 Å². The number of aliphatic imine (C=N–C) groups is 2. The Morgan fingerprint density at radius 2 is 1.79 bits per heavy atom. The van der Waals surface area contributed by atoms with Crippen molar-refractivity contribution in [1.82, 2.24) is 10.2 Å². The molecule has 3 amide bonds. The van der Waals surface area contributed by atoms with Crippen LogP contribution in [-0.2, 0) is 4.79 Å². The summed E-state index contributed by atoms with van der Waals surface area (Å²) in [7, 11) is 0. The molecule has 2 N–H and O–H groups in total. The van der Waals surface area contributed by atoms with Crippen molar-refractivity contribution in [3.63, 3.8) is 0 Å². The van der Waals surface area contributed by atoms with Crippen LogP contribution in [-0.4, -0.2) is 65.6 Å². The van der Waals surface area contributed by atoms with E-state index >= 15 is 0 Å². The van der Waals surface area contributed by atoms with Gasteiger partial charge in [-0.25, -0.2) is 4.99 Å². The third-order valence-electron chi connectivity index (χ3n) is 10.0. The van der Waals surface area contributed by atoms with Gasteiger partial charge >= 0.3 is 6.30 Å². The Labute approximate surface area is 311 Å². The monoisotopic (exact) mass is 744 g/mol. The SMILES string of the molecule is C=CCC1(CCC)CN(C(=NC(F)(F)F)/C(=C\C)C(=O)Nc2ccc(C(=O)N3c4ccccc4N=C(c4ccc(C(=O)NC5CCC5)s4)C3C)cc2)C1. The number of benzene rings is 2. The molecule has 1 saturated carbocycles. The van der Waals surface area contributed by atoms with Crippen LogP contribution in [0.5, 0.6) is 0 Å². The Morgan fingerprint density at radius 3 is 2.42 bits per heavy atom. The van der Waals surface area contributed by atoms with Crippen LogP contribution in [0.3, 0.4) is 0 Å². The number of amides is 3. The van der Waals surface area contributed by atoms with Crippen LogP contribution in [0.4, 0.5) is 30.2 Å². The molecule has 1 unspecified atom stereocenters. The molecule has 2 aliphatic heterocycles. The van der Waals surface area contributed by atoms with Gasteiger partial charge in [0, 0.05) is 35.8 Å². The van der Waals surface area contributed by atoms with Crippen LogP contribution in [0.25, 0.3) is 0 Å². The van der Waals surface area contributed by atoms with Gasteiger partial charge in [-0.15, -0.1) is 31.1 Å². The third kappa shape index (κ3) is 8.14. The van der Waals surface area contributed by atoms with E-state index in [1.165, 1.54) is 29.2 Å². The molecule has 1 saturated heterocycles. The van der Waals surface area contributed by atoms with Gasteiger partial charge in [-0.3, -0.25) is 19.3 Å². The van der Waals surface area contributed by atoms with Gasteiger partial charge in [0.1, 0.15) is 5.84 Å². The van der Waals surface area contributed by atoms with E-state index in [9.17, 15) is 27.6 Å². The van der Waals surface area contributed by atoms with Crippen molar-refractivity contribution in [3.8, 4) is 0 Å². The van der Waals surface area contributed by atoms with Crippen molar-refractivity contribution in [2.24, 2.45) is 15.4 Å². The number of nitrogens with zero attached hydrogens (tertiary/aromatic N) is 4. The van der Waals surface area contributed by atoms with E-state index in [1.807, 2.05) is 44.2 Å². The average molecular weight is 745 g/mol. The lowest BCUT2D eigenvalue weighted by molar-refractivity contribution is -0.121. The molecule has 1 atom stereocenters. The summed E-state index contributed by atoms with van der Waals surface area (Å²) < 4.78 is 41.0. The molecule has 2 fully saturated rings. The molecule has 3 heterocycles. The number of rotatable bonds is 11. The number of halogens is 3. The Bertz CT molecular complexity index is 1970. The molecule has 53 heavy (non-hydrogen) atoms. The molecule has 0 spiro atoms. The van der Waals surface area contributed by atoms with Crippen molar-refractivity contribution < 1.29 is 27.6 Å². The lowest BCUT2D eigenvalue weighted by Crippen LogP contribution is -2.59. The topological polar surface area (TPSA) is 106 Å². The van der Waals surface area contributed by atoms with Gasteiger partial charge < -0.3 is 15.5 Å². The van der Waals surface area contributed by atoms with Crippen molar-refractivity contribution in [1.29, 1.82) is 0 Å². The molecule has 3 aromatic rings. The highest BCUT2D eigenvalue weighted by Gasteiger charge is 2.45. The first-order valence-electron chi connectivity index (χ1n) is 17.9. The van der Waals surface area contributed by atoms with E-state index in [2.05, 4.69) is 22.2 Å². The fourth-order valence-electron chi connectivity index (χ4n) is 7.23. The van der Waals surface area contributed by atoms with Gasteiger partial charge in [-0.05, 0) is 94.5 Å². The standard InChI is InChI=1S/C40H43F3N6O3S/c1-5-21-39(22-6-2)23-48(24-39)35(47-40(41,42)43)29(7-3)36(50)44-28-17-15-26(16-18-28)38(52)49-25(4)34(46-30-13-8-9-14-31(30)49)32-19-20-33(53-32)37(51)45-27-11-10-12-27/h5,7-9,13-20,25,27H,1,6,10-12,21-24H2,2-4H3,(H,44,50)(H,45,51)/b29-7+,47-35?. The van der Waals surface area contributed by atoms with Crippen molar-refractivity contribution >= 4 is 57.7 Å². The first-order valence-corrected chi connectivity index (χ1v) is 18.7. The minimum Gasteiger partial charge on any atom is -0.355 e. The highest BCUT2D eigenvalue weighted by molar-refractivity contribution is 7.16. The number of carbonyl (C=O) groups is 3. The number of hydrogen-bond donors (Lipinski definition) is 2. The van der Waals surface area contributed by atoms with Gasteiger partial charge in [0.05, 0.1) is 38.5 Å². The number of allylic oxidation sites excluding steroid dienone is 2. The number of nitrogens with one attached hydrogen (secondary N) is 2. The molecule has 9 nitrogen and oxygen atoms in total. The van der Waals surface area contributed by atoms with Crippen molar-refractivity contribution in [2.45, 2.75) is 77.7 Å². The number of alkyl halides is 3. The summed E-state index contributed by atoms with van der Waals surface area (Å²) in [6.07, 6.45) is 3.66. The van der Waals surface area contributed by atoms with E-state index in [-0.39, 0.29) is 28.8 Å². The van der Waals surface area contributed by atoms with E-state index < -0.39 is 24.1 Å². The molecule has 2 aromatic carbocycles. The number of carbonyl (C=O) groups excluding carboxylic acids is 3. The molecule has 0 radical (unpaired) electrons. The molecule has 0 bridgehead atoms. The molecule has 3 aliphatic rings. The fourth-order valence-corrected chi connectivity index (χ4v) is 8.21. The second-order valence-electron chi connectivity index (χ2n) is 13.8. The summed E-state index contributed by atoms with van der Waals surface area (Å²) >= 11 is 1.34. The van der Waals surface area contributed by atoms with Gasteiger partial charge in [-0.2, -0.15) is 4.99 Å². The minimum absolute atomic E-state index is 0.112. The van der Waals surface area contributed by atoms with E-state index in [4.69, 9.17) is 4.99 Å². The average Bonchev–Trinajstić information content (AvgIpc) is 3.58. The largest absolute Gasteiger partial charge is 0.505 e. The lowest BCUT2D eigenvalue weighted by atomic mass is 9.73. The van der Waals surface area contributed by atoms with Crippen LogP contribution in [0.15, 0.2) is 95.0 Å². The number of amidine groups is 1. The first-order chi connectivity index (χ1) is 25.3. The van der Waals surface area contributed by atoms with Crippen molar-refractivity contribution in [3.05, 3.63) is 100 Å². The predicted molar refractivity (Wildman–Crippen MR) is 204 cm³/mol. The quantitative estimate of drug-likeness (QED) is 0.0674. The predicted octanol–water partition coefficient (Wildman–Crippen LogP) is 8.68. The maximum absolute atomic E-state index is 14.2. The first kappa shape index (κ1) is 37.7. The molecule has 13 heteroatoms. The maximum Gasteiger partial charge on any atom is 0.505 e. The fraction of sp³-hybridized carbons (Fsp3) is 0.375. The van der Waals surface area contributed by atoms with Gasteiger partial charge in [0.25, 0.3) is 17.7 Å². The highest BCUT2D eigenvalue weighted by atomic mass is 32.1. The van der Waals surface area contributed by atoms with Crippen molar-refractivity contribution in [2.75, 3.05) is 23.3 Å². The molecule has 278 valence electrons. The minimum atomic E-state index is -4.88. The van der Waals surface area contributed by atoms with Gasteiger partial charge in [0.2, 0.25) is 0 Å². The second-order valence-corrected chi connectivity index (χ2v) is 14.9. The summed E-state index contributed by atoms with van der Waals surface area (Å²) in [6, 6.07) is 16.9. The Hall–Kier alpha value is -5.04. The smallest absolute Gasteiger partial charge is 0.355 e. The molecule has 1 aliphatic carbocycles. The highest BCUT2D eigenvalue weighted by Crippen LogP contribution is 2.41. The number of likely N-dealkylation sites (tertiary alicyclic amines) is 1. The summed E-state index contributed by atoms with van der Waals surface area (Å²) in [5.74, 6) is -1.59. The zero-order valence-electron chi connectivity index (χ0n) is 30.0. The summed E-state index contributed by atoms with van der Waals surface area (Å²) in [5, 5.41) is 5.76. The summed E-state index contributed by atoms with van der Waals surface area (Å²) in [5.41, 5.74) is 2.11. The maximum atomic E-state index is 14.2. The van der Waals surface area contributed by atoms with Gasteiger partial charge in [0.15, 0.2) is 0 Å². The van der Waals surface area contributed by atoms with E-state index in [0.717, 1.165) is 37.0 Å². The Morgan fingerprint density at radius 1 is 1.08 bits per heavy atom. The molecular weight excluding hydrogens is 702 g/mol. The lowest BCUT2D eigenvalue weighted by Gasteiger charge is -2.51. The Kier molecular flexibility index (Phi) is 11.0. The Balaban J connectivity index is 1.18. The molecule has 1 aromatic heterocycles. The normalized spacial score (nSPS) is 18.7. The summed E-state index contributed by atoms with van der Waals surface area (Å²) in [4.78, 5) is 52.9. The number of fused-ring (bicyclic) bond motifs is 1. The van der Waals surface area contributed by atoms with Gasteiger partial charge in [-0.1, -0.05) is 37.6 Å². The number of hydrogen-bond acceptors (Lipinski definition) is 6. The zero-order chi connectivity index (χ0) is 37.9. The van der Waals surface area contributed by atoms with E-state index in [1.54, 1.807) is 41.3 Å². The third-order valence-corrected chi connectivity index (χ3v) is 11.1. The van der Waals surface area contributed by atoms with Crippen LogP contribution in [0.2, 0.25) is 0 Å². The molecular formula is C40H43F3N6O3S. The zero-order valence-corrected chi connectivity index (χ0v) is 30.8. The number of anilines is 2. The molecule has 6 rings (SSSR count). The second kappa shape index (κ2) is 15.5. The van der Waals surface area contributed by atoms with Crippen LogP contribution in [0.1, 0.15) is 84.2 Å². The van der Waals surface area contributed by atoms with Crippen LogP contribution >= 0.6 is 11.3 Å². The summed E-state index contributed by atoms with van der Waals surface area (Å²) in [6.45, 7) is 9.88. The number of para-hydroxylation sites is 2.